The number of nitrogens with zero attached hydrogens (tertiary/aromatic N) is 4. The average molecular weight is 395 g/mol. The molecule has 7 nitrogen and oxygen atoms in total. The minimum absolute atomic E-state index is 0.138. The van der Waals surface area contributed by atoms with Gasteiger partial charge in [-0.1, -0.05) is 55.3 Å². The third kappa shape index (κ3) is 3.20. The number of fused-ring (bicyclic) bond motifs is 3. The molecular weight excluding hydrogens is 374 g/mol. The van der Waals surface area contributed by atoms with Crippen LogP contribution in [-0.2, 0) is 9.84 Å². The molecule has 4 aromatic rings. The third-order valence-electron chi connectivity index (χ3n) is 4.60. The maximum absolute atomic E-state index is 13.1. The van der Waals surface area contributed by atoms with Crippen LogP contribution in [0.2, 0.25) is 0 Å². The Morgan fingerprint density at radius 2 is 1.75 bits per heavy atom. The van der Waals surface area contributed by atoms with E-state index in [4.69, 9.17) is 0 Å². The van der Waals surface area contributed by atoms with E-state index in [9.17, 15) is 8.42 Å². The van der Waals surface area contributed by atoms with Gasteiger partial charge in [0.1, 0.15) is 5.82 Å². The molecule has 8 heteroatoms. The second kappa shape index (κ2) is 7.55. The van der Waals surface area contributed by atoms with Gasteiger partial charge in [-0.25, -0.2) is 13.4 Å². The van der Waals surface area contributed by atoms with Crippen molar-refractivity contribution in [3.05, 3.63) is 54.6 Å². The second-order valence-electron chi connectivity index (χ2n) is 6.56. The summed E-state index contributed by atoms with van der Waals surface area (Å²) in [5.41, 5.74) is 0.980. The van der Waals surface area contributed by atoms with E-state index in [0.717, 1.165) is 36.7 Å². The zero-order chi connectivity index (χ0) is 19.6. The van der Waals surface area contributed by atoms with Gasteiger partial charge in [0.05, 0.1) is 10.4 Å². The molecule has 0 aliphatic rings. The van der Waals surface area contributed by atoms with Crippen molar-refractivity contribution in [3.63, 3.8) is 0 Å². The van der Waals surface area contributed by atoms with Crippen molar-refractivity contribution in [2.45, 2.75) is 36.1 Å². The standard InChI is InChI=1S/C20H21N5O2S/c1-2-3-9-14-21-18-16-12-7-8-13-17(16)25-19(22-18)20(23-24-25)28(26,27)15-10-5-4-6-11-15/h4-8,10-13H,2-3,9,14H2,1H3,(H,21,22). The van der Waals surface area contributed by atoms with Gasteiger partial charge in [0.2, 0.25) is 14.9 Å². The molecule has 1 N–H and O–H groups in total. The molecule has 0 saturated carbocycles. The molecule has 28 heavy (non-hydrogen) atoms. The van der Waals surface area contributed by atoms with Crippen LogP contribution in [0.15, 0.2) is 64.5 Å². The minimum Gasteiger partial charge on any atom is -0.369 e. The Kier molecular flexibility index (Phi) is 4.95. The van der Waals surface area contributed by atoms with Crippen molar-refractivity contribution in [2.75, 3.05) is 11.9 Å². The summed E-state index contributed by atoms with van der Waals surface area (Å²) in [5, 5.41) is 12.2. The van der Waals surface area contributed by atoms with Crippen LogP contribution < -0.4 is 5.32 Å². The van der Waals surface area contributed by atoms with Crippen LogP contribution >= 0.6 is 0 Å². The Balaban J connectivity index is 1.88. The molecule has 2 aromatic heterocycles. The summed E-state index contributed by atoms with van der Waals surface area (Å²) in [5.74, 6) is 0.644. The zero-order valence-corrected chi connectivity index (χ0v) is 16.4. The fraction of sp³-hybridized carbons (Fsp3) is 0.250. The summed E-state index contributed by atoms with van der Waals surface area (Å²) in [6, 6.07) is 15.9. The van der Waals surface area contributed by atoms with Crippen LogP contribution in [0.4, 0.5) is 5.82 Å². The summed E-state index contributed by atoms with van der Waals surface area (Å²) in [6.45, 7) is 2.92. The van der Waals surface area contributed by atoms with E-state index in [1.165, 1.54) is 4.52 Å². The lowest BCUT2D eigenvalue weighted by molar-refractivity contribution is 0.592. The Bertz CT molecular complexity index is 1220. The molecule has 2 aromatic carbocycles. The summed E-state index contributed by atoms with van der Waals surface area (Å²) in [7, 11) is -3.82. The molecule has 4 rings (SSSR count). The molecular formula is C20H21N5O2S. The van der Waals surface area contributed by atoms with Gasteiger partial charge in [-0.15, -0.1) is 5.10 Å². The number of aromatic nitrogens is 4. The lowest BCUT2D eigenvalue weighted by Crippen LogP contribution is -2.08. The van der Waals surface area contributed by atoms with Gasteiger partial charge in [-0.2, -0.15) is 4.52 Å². The molecule has 0 aliphatic carbocycles. The van der Waals surface area contributed by atoms with Crippen molar-refractivity contribution in [1.82, 2.24) is 19.8 Å². The van der Waals surface area contributed by atoms with Gasteiger partial charge in [-0.05, 0) is 30.7 Å². The van der Waals surface area contributed by atoms with Crippen LogP contribution in [0.5, 0.6) is 0 Å². The highest BCUT2D eigenvalue weighted by Crippen LogP contribution is 2.27. The molecule has 0 spiro atoms. The van der Waals surface area contributed by atoms with Crippen molar-refractivity contribution in [3.8, 4) is 0 Å². The normalized spacial score (nSPS) is 11.9. The monoisotopic (exact) mass is 395 g/mol. The molecule has 0 radical (unpaired) electrons. The van der Waals surface area contributed by atoms with Crippen LogP contribution in [0.3, 0.4) is 0 Å². The van der Waals surface area contributed by atoms with Gasteiger partial charge in [0, 0.05) is 11.9 Å². The van der Waals surface area contributed by atoms with E-state index in [0.29, 0.717) is 5.82 Å². The highest BCUT2D eigenvalue weighted by Gasteiger charge is 2.26. The predicted molar refractivity (Wildman–Crippen MR) is 108 cm³/mol. The van der Waals surface area contributed by atoms with Crippen LogP contribution in [0, 0.1) is 0 Å². The molecule has 2 heterocycles. The van der Waals surface area contributed by atoms with E-state index >= 15 is 0 Å². The predicted octanol–water partition coefficient (Wildman–Crippen LogP) is 3.71. The number of para-hydroxylation sites is 1. The fourth-order valence-corrected chi connectivity index (χ4v) is 4.40. The molecule has 0 atom stereocenters. The molecule has 0 unspecified atom stereocenters. The Labute approximate surface area is 163 Å². The maximum atomic E-state index is 13.1. The van der Waals surface area contributed by atoms with Crippen molar-refractivity contribution >= 4 is 32.2 Å². The number of hydrogen-bond donors (Lipinski definition) is 1. The average Bonchev–Trinajstić information content (AvgIpc) is 3.17. The zero-order valence-electron chi connectivity index (χ0n) is 15.5. The SMILES string of the molecule is CCCCCNc1nc2c(S(=O)(=O)c3ccccc3)nnn2c2ccccc12. The van der Waals surface area contributed by atoms with Crippen molar-refractivity contribution in [1.29, 1.82) is 0 Å². The Morgan fingerprint density at radius 1 is 1.00 bits per heavy atom. The first-order chi connectivity index (χ1) is 13.6. The summed E-state index contributed by atoms with van der Waals surface area (Å²) < 4.78 is 27.6. The maximum Gasteiger partial charge on any atom is 0.229 e. The first-order valence-electron chi connectivity index (χ1n) is 9.31. The van der Waals surface area contributed by atoms with Gasteiger partial charge < -0.3 is 5.32 Å². The molecule has 144 valence electrons. The number of hydrogen-bond acceptors (Lipinski definition) is 6. The van der Waals surface area contributed by atoms with E-state index in [1.807, 2.05) is 24.3 Å². The number of rotatable bonds is 7. The highest BCUT2D eigenvalue weighted by molar-refractivity contribution is 7.91. The lowest BCUT2D eigenvalue weighted by Gasteiger charge is -2.10. The summed E-state index contributed by atoms with van der Waals surface area (Å²) >= 11 is 0. The first-order valence-corrected chi connectivity index (χ1v) is 10.8. The largest absolute Gasteiger partial charge is 0.369 e. The number of unbranched alkanes of at least 4 members (excludes halogenated alkanes) is 2. The first kappa shape index (κ1) is 18.4. The lowest BCUT2D eigenvalue weighted by atomic mass is 10.2. The van der Waals surface area contributed by atoms with Crippen molar-refractivity contribution < 1.29 is 8.42 Å². The quantitative estimate of drug-likeness (QED) is 0.480. The van der Waals surface area contributed by atoms with Crippen molar-refractivity contribution in [2.24, 2.45) is 0 Å². The van der Waals surface area contributed by atoms with E-state index in [2.05, 4.69) is 27.5 Å². The second-order valence-corrected chi connectivity index (χ2v) is 8.42. The van der Waals surface area contributed by atoms with Gasteiger partial charge >= 0.3 is 0 Å². The van der Waals surface area contributed by atoms with E-state index in [1.54, 1.807) is 30.3 Å². The topological polar surface area (TPSA) is 89.2 Å². The molecule has 0 amide bonds. The van der Waals surface area contributed by atoms with E-state index < -0.39 is 9.84 Å². The molecule has 0 aliphatic heterocycles. The smallest absolute Gasteiger partial charge is 0.229 e. The number of benzene rings is 2. The molecule has 0 saturated heterocycles. The third-order valence-corrected chi connectivity index (χ3v) is 6.27. The number of anilines is 1. The summed E-state index contributed by atoms with van der Waals surface area (Å²) in [4.78, 5) is 4.77. The van der Waals surface area contributed by atoms with Gasteiger partial charge in [-0.3, -0.25) is 0 Å². The molecule has 0 bridgehead atoms. The van der Waals surface area contributed by atoms with Crippen LogP contribution in [-0.4, -0.2) is 34.8 Å². The van der Waals surface area contributed by atoms with Gasteiger partial charge in [0.15, 0.2) is 5.65 Å². The van der Waals surface area contributed by atoms with E-state index in [-0.39, 0.29) is 15.6 Å². The summed E-state index contributed by atoms with van der Waals surface area (Å²) in [6.07, 6.45) is 3.26. The number of sulfone groups is 1. The Hall–Kier alpha value is -3.00. The minimum atomic E-state index is -3.82. The van der Waals surface area contributed by atoms with Crippen LogP contribution in [0.25, 0.3) is 16.6 Å². The highest BCUT2D eigenvalue weighted by atomic mass is 32.2. The van der Waals surface area contributed by atoms with Crippen LogP contribution in [0.1, 0.15) is 26.2 Å². The molecule has 0 fully saturated rings. The fourth-order valence-electron chi connectivity index (χ4n) is 3.15. The number of nitrogens with one attached hydrogen (secondary N) is 1. The Morgan fingerprint density at radius 3 is 2.54 bits per heavy atom. The van der Waals surface area contributed by atoms with Gasteiger partial charge in [0.25, 0.3) is 0 Å².